The van der Waals surface area contributed by atoms with Crippen molar-refractivity contribution in [1.82, 2.24) is 0 Å². The number of ether oxygens (including phenoxy) is 3. The van der Waals surface area contributed by atoms with E-state index in [0.717, 1.165) is 135 Å². The van der Waals surface area contributed by atoms with Gasteiger partial charge in [-0.1, -0.05) is 208 Å². The largest absolute Gasteiger partial charge is 0.472 e. The third-order valence-electron chi connectivity index (χ3n) is 12.5. The molecular weight excluding hydrogens is 976 g/mol. The maximum atomic E-state index is 12.9. The fraction of sp³-hybridized carbons (Fsp3) is 0.703. The lowest BCUT2D eigenvalue weighted by Gasteiger charge is -2.21. The fourth-order valence-corrected chi connectivity index (χ4v) is 8.66. The number of hydrogen-bond acceptors (Lipinski definition) is 10. The normalized spacial score (nSPS) is 14.0. The second-order valence-electron chi connectivity index (χ2n) is 19.8. The van der Waals surface area contributed by atoms with Crippen LogP contribution in [0.3, 0.4) is 0 Å². The van der Waals surface area contributed by atoms with Gasteiger partial charge >= 0.3 is 25.7 Å². The van der Waals surface area contributed by atoms with Crippen molar-refractivity contribution in [2.24, 2.45) is 0 Å². The van der Waals surface area contributed by atoms with Crippen molar-refractivity contribution in [2.75, 3.05) is 26.4 Å². The van der Waals surface area contributed by atoms with E-state index in [1.54, 1.807) is 0 Å². The van der Waals surface area contributed by atoms with Crippen molar-refractivity contribution in [3.8, 4) is 0 Å². The van der Waals surface area contributed by atoms with Crippen LogP contribution in [0.5, 0.6) is 0 Å². The van der Waals surface area contributed by atoms with Crippen LogP contribution in [0.2, 0.25) is 0 Å². The number of phosphoric acid groups is 1. The maximum Gasteiger partial charge on any atom is 0.472 e. The molecule has 0 aliphatic rings. The van der Waals surface area contributed by atoms with Gasteiger partial charge in [0.25, 0.3) is 0 Å². The number of carbonyl (C=O) groups is 3. The minimum absolute atomic E-state index is 0.133. The molecule has 436 valence electrons. The van der Waals surface area contributed by atoms with Crippen LogP contribution in [0.25, 0.3) is 0 Å². The highest BCUT2D eigenvalue weighted by Gasteiger charge is 2.28. The highest BCUT2D eigenvalue weighted by atomic mass is 31.2. The first-order chi connectivity index (χ1) is 37.2. The Kier molecular flexibility index (Phi) is 54.8. The number of carbonyl (C=O) groups excluding carboxylic acids is 3. The highest BCUT2D eigenvalue weighted by Crippen LogP contribution is 2.43. The molecule has 12 heteroatoms. The van der Waals surface area contributed by atoms with Gasteiger partial charge in [0.15, 0.2) is 6.10 Å². The molecule has 0 saturated carbocycles. The zero-order chi connectivity index (χ0) is 55.5. The Labute approximate surface area is 463 Å². The molecule has 3 atom stereocenters. The van der Waals surface area contributed by atoms with Crippen molar-refractivity contribution >= 4 is 25.7 Å². The van der Waals surface area contributed by atoms with E-state index in [-0.39, 0.29) is 25.9 Å². The molecule has 0 aliphatic heterocycles. The highest BCUT2D eigenvalue weighted by molar-refractivity contribution is 7.47. The Morgan fingerprint density at radius 2 is 0.684 bits per heavy atom. The van der Waals surface area contributed by atoms with Gasteiger partial charge in [0.05, 0.1) is 19.8 Å². The van der Waals surface area contributed by atoms with E-state index in [1.165, 1.54) is 57.8 Å². The lowest BCUT2D eigenvalue weighted by atomic mass is 10.1. The molecule has 0 saturated heterocycles. The number of aliphatic hydroxyl groups is 1. The molecule has 3 unspecified atom stereocenters. The summed E-state index contributed by atoms with van der Waals surface area (Å²) in [7, 11) is -4.77. The molecule has 2 N–H and O–H groups in total. The number of unbranched alkanes of at least 4 members (excludes halogenated alkanes) is 22. The summed E-state index contributed by atoms with van der Waals surface area (Å²) in [6.07, 6.45) is 67.8. The minimum Gasteiger partial charge on any atom is -0.462 e. The number of allylic oxidation sites excluding steroid dienone is 16. The van der Waals surface area contributed by atoms with Crippen molar-refractivity contribution in [1.29, 1.82) is 0 Å². The first-order valence-electron chi connectivity index (χ1n) is 30.1. The van der Waals surface area contributed by atoms with Gasteiger partial charge in [0.2, 0.25) is 0 Å². The van der Waals surface area contributed by atoms with Gasteiger partial charge in [-0.15, -0.1) is 0 Å². The van der Waals surface area contributed by atoms with Crippen LogP contribution in [-0.4, -0.2) is 66.5 Å². The molecule has 11 nitrogen and oxygen atoms in total. The molecule has 76 heavy (non-hydrogen) atoms. The molecule has 0 rings (SSSR count). The molecule has 0 aliphatic carbocycles. The topological polar surface area (TPSA) is 155 Å². The Morgan fingerprint density at radius 1 is 0.382 bits per heavy atom. The third kappa shape index (κ3) is 55.2. The van der Waals surface area contributed by atoms with E-state index < -0.39 is 57.8 Å². The third-order valence-corrected chi connectivity index (χ3v) is 13.4. The molecule has 0 aromatic heterocycles. The first kappa shape index (κ1) is 72.4. The van der Waals surface area contributed by atoms with Gasteiger partial charge in [0, 0.05) is 19.3 Å². The zero-order valence-corrected chi connectivity index (χ0v) is 49.1. The summed E-state index contributed by atoms with van der Waals surface area (Å²) >= 11 is 0. The minimum atomic E-state index is -4.77. The summed E-state index contributed by atoms with van der Waals surface area (Å²) < 4.78 is 39.6. The fourth-order valence-electron chi connectivity index (χ4n) is 7.88. The Bertz CT molecular complexity index is 1640. The van der Waals surface area contributed by atoms with Crippen LogP contribution in [0.15, 0.2) is 97.2 Å². The first-order valence-corrected chi connectivity index (χ1v) is 31.6. The van der Waals surface area contributed by atoms with Crippen LogP contribution < -0.4 is 0 Å². The second kappa shape index (κ2) is 57.6. The van der Waals surface area contributed by atoms with Crippen LogP contribution >= 0.6 is 7.82 Å². The van der Waals surface area contributed by atoms with Crippen molar-refractivity contribution < 1.29 is 52.2 Å². The Balaban J connectivity index is 4.79. The SMILES string of the molecule is CC/C=C\C/C=C\C/C=C\C/C=C\CCCCCCC(=O)OC(COC(=O)CCCCCCCCC/C=C\C/C=C\CCCCC)COP(=O)(O)OCC(CO)OC(=O)CCCCCCC/C=C\C/C=C\CCCCC. The van der Waals surface area contributed by atoms with E-state index in [9.17, 15) is 28.9 Å². The molecule has 0 heterocycles. The number of hydrogen-bond donors (Lipinski definition) is 2. The maximum absolute atomic E-state index is 12.9. The number of rotatable bonds is 55. The van der Waals surface area contributed by atoms with Crippen LogP contribution in [0.1, 0.15) is 252 Å². The summed E-state index contributed by atoms with van der Waals surface area (Å²) in [5, 5.41) is 9.83. The molecule has 0 fully saturated rings. The van der Waals surface area contributed by atoms with Gasteiger partial charge in [-0.25, -0.2) is 4.57 Å². The van der Waals surface area contributed by atoms with E-state index in [2.05, 4.69) is 118 Å². The average molecular weight is 1090 g/mol. The Hall–Kier alpha value is -3.60. The monoisotopic (exact) mass is 1080 g/mol. The van der Waals surface area contributed by atoms with Crippen LogP contribution in [-0.2, 0) is 42.2 Å². The summed E-state index contributed by atoms with van der Waals surface area (Å²) in [5.74, 6) is -1.52. The van der Waals surface area contributed by atoms with E-state index in [0.29, 0.717) is 19.3 Å². The van der Waals surface area contributed by atoms with E-state index in [4.69, 9.17) is 23.3 Å². The van der Waals surface area contributed by atoms with Crippen LogP contribution in [0.4, 0.5) is 0 Å². The molecule has 0 aromatic rings. The number of esters is 3. The molecular formula is C64H109O11P. The standard InChI is InChI=1S/C64H109O11P/c1-4-7-10-13-16-19-22-25-28-30-33-35-38-41-44-47-50-53-62(66)71-57-61(75-64(68)55-52-49-46-43-40-37-34-31-29-26-23-20-17-14-11-8-5-2)59-73-76(69,70)72-58-60(56-65)74-63(67)54-51-48-45-42-39-36-32-27-24-21-18-15-12-9-6-3/h8,11,16-21,25-29,32,34,37,60-61,65H,4-7,9-10,12-15,22-24,30-31,33,35-36,38-59H2,1-3H3,(H,69,70)/b11-8-,19-16-,20-17-,21-18-,28-25-,29-26-,32-27-,37-34-. The molecule has 0 amide bonds. The van der Waals surface area contributed by atoms with Crippen molar-refractivity contribution in [3.63, 3.8) is 0 Å². The van der Waals surface area contributed by atoms with E-state index in [1.807, 2.05) is 0 Å². The zero-order valence-electron chi connectivity index (χ0n) is 48.2. The predicted molar refractivity (Wildman–Crippen MR) is 316 cm³/mol. The van der Waals surface area contributed by atoms with Crippen LogP contribution in [0, 0.1) is 0 Å². The van der Waals surface area contributed by atoms with Gasteiger partial charge < -0.3 is 24.2 Å². The summed E-state index contributed by atoms with van der Waals surface area (Å²) in [5.41, 5.74) is 0. The van der Waals surface area contributed by atoms with Gasteiger partial charge in [0.1, 0.15) is 12.7 Å². The van der Waals surface area contributed by atoms with Gasteiger partial charge in [-0.3, -0.25) is 23.4 Å². The molecule has 0 bridgehead atoms. The van der Waals surface area contributed by atoms with Crippen molar-refractivity contribution in [3.05, 3.63) is 97.2 Å². The smallest absolute Gasteiger partial charge is 0.462 e. The molecule has 0 spiro atoms. The average Bonchev–Trinajstić information content (AvgIpc) is 3.41. The summed E-state index contributed by atoms with van der Waals surface area (Å²) in [6.45, 7) is 4.43. The Morgan fingerprint density at radius 3 is 1.05 bits per heavy atom. The van der Waals surface area contributed by atoms with Gasteiger partial charge in [-0.05, 0) is 122 Å². The number of phosphoric ester groups is 1. The van der Waals surface area contributed by atoms with Gasteiger partial charge in [-0.2, -0.15) is 0 Å². The predicted octanol–water partition coefficient (Wildman–Crippen LogP) is 18.0. The summed E-state index contributed by atoms with van der Waals surface area (Å²) in [4.78, 5) is 48.6. The van der Waals surface area contributed by atoms with Crippen molar-refractivity contribution in [2.45, 2.75) is 264 Å². The second-order valence-corrected chi connectivity index (χ2v) is 21.2. The lowest BCUT2D eigenvalue weighted by Crippen LogP contribution is -2.30. The molecule has 0 radical (unpaired) electrons. The molecule has 0 aromatic carbocycles. The lowest BCUT2D eigenvalue weighted by molar-refractivity contribution is -0.161. The number of aliphatic hydroxyl groups excluding tert-OH is 1. The quantitative estimate of drug-likeness (QED) is 0.0197. The summed E-state index contributed by atoms with van der Waals surface area (Å²) in [6, 6.07) is 0. The van der Waals surface area contributed by atoms with E-state index >= 15 is 0 Å².